The number of aromatic nitrogens is 1. The quantitative estimate of drug-likeness (QED) is 0.263. The molecule has 0 unspecified atom stereocenters. The van der Waals surface area contributed by atoms with Gasteiger partial charge in [-0.1, -0.05) is 44.5 Å². The zero-order valence-electron chi connectivity index (χ0n) is 25.7. The molecule has 0 spiro atoms. The van der Waals surface area contributed by atoms with Gasteiger partial charge in [0.25, 0.3) is 0 Å². The van der Waals surface area contributed by atoms with Crippen LogP contribution >= 0.6 is 23.4 Å². The molecule has 0 aliphatic carbocycles. The van der Waals surface area contributed by atoms with E-state index < -0.39 is 11.2 Å². The lowest BCUT2D eigenvalue weighted by Gasteiger charge is -2.28. The molecular formula is C33H45ClN2O4S. The third-order valence-electron chi connectivity index (χ3n) is 6.80. The summed E-state index contributed by atoms with van der Waals surface area (Å²) in [6, 6.07) is 14.1. The van der Waals surface area contributed by atoms with Crippen molar-refractivity contribution < 1.29 is 19.4 Å². The lowest BCUT2D eigenvalue weighted by atomic mass is 10.0. The van der Waals surface area contributed by atoms with Gasteiger partial charge < -0.3 is 24.0 Å². The number of fused-ring (bicyclic) bond motifs is 1. The maximum absolute atomic E-state index is 12.8. The van der Waals surface area contributed by atoms with Crippen molar-refractivity contribution in [3.8, 4) is 5.75 Å². The molecule has 1 aliphatic rings. The number of carbonyl (C=O) groups excluding carboxylic acids is 1. The topological polar surface area (TPSA) is 63.9 Å². The van der Waals surface area contributed by atoms with Crippen LogP contribution in [-0.4, -0.2) is 55.8 Å². The number of hydrogen-bond donors (Lipinski definition) is 1. The molecule has 224 valence electrons. The first-order valence-corrected chi connectivity index (χ1v) is 15.6. The Morgan fingerprint density at radius 2 is 1.73 bits per heavy atom. The van der Waals surface area contributed by atoms with E-state index in [0.29, 0.717) is 31.1 Å². The van der Waals surface area contributed by atoms with Gasteiger partial charge in [-0.05, 0) is 83.4 Å². The minimum atomic E-state index is -0.883. The van der Waals surface area contributed by atoms with Crippen molar-refractivity contribution in [1.29, 1.82) is 0 Å². The van der Waals surface area contributed by atoms with Gasteiger partial charge in [0.05, 0.1) is 11.6 Å². The van der Waals surface area contributed by atoms with E-state index in [9.17, 15) is 9.90 Å². The van der Waals surface area contributed by atoms with E-state index in [4.69, 9.17) is 21.1 Å². The number of aliphatic hydroxyl groups is 1. The van der Waals surface area contributed by atoms with E-state index in [2.05, 4.69) is 37.5 Å². The number of likely N-dealkylation sites (tertiary alicyclic amines) is 1. The van der Waals surface area contributed by atoms with Crippen LogP contribution < -0.4 is 4.74 Å². The average molecular weight is 601 g/mol. The number of carbonyl (C=O) groups is 1. The second-order valence-corrected chi connectivity index (χ2v) is 15.9. The van der Waals surface area contributed by atoms with Gasteiger partial charge in [-0.25, -0.2) is 4.79 Å². The minimum Gasteiger partial charge on any atom is -0.491 e. The molecule has 2 heterocycles. The Hall–Kier alpha value is -2.35. The highest BCUT2D eigenvalue weighted by atomic mass is 35.5. The molecule has 1 aromatic heterocycles. The summed E-state index contributed by atoms with van der Waals surface area (Å²) in [5.74, 6) is 0.766. The molecule has 0 bridgehead atoms. The first-order valence-electron chi connectivity index (χ1n) is 14.4. The minimum absolute atomic E-state index is 0.0239. The van der Waals surface area contributed by atoms with E-state index in [1.165, 1.54) is 0 Å². The van der Waals surface area contributed by atoms with Crippen molar-refractivity contribution in [2.75, 3.05) is 13.2 Å². The maximum atomic E-state index is 12.8. The van der Waals surface area contributed by atoms with Crippen LogP contribution in [-0.2, 0) is 17.7 Å². The van der Waals surface area contributed by atoms with Crippen LogP contribution in [0.4, 0.5) is 4.79 Å². The van der Waals surface area contributed by atoms with Crippen molar-refractivity contribution >= 4 is 40.4 Å². The summed E-state index contributed by atoms with van der Waals surface area (Å²) in [5, 5.41) is 12.8. The molecule has 1 N–H and O–H groups in total. The molecule has 0 radical (unpaired) electrons. The third-order valence-corrected chi connectivity index (χ3v) is 8.33. The molecular weight excluding hydrogens is 556 g/mol. The van der Waals surface area contributed by atoms with Gasteiger partial charge in [-0.2, -0.15) is 0 Å². The number of thioether (sulfide) groups is 1. The second kappa shape index (κ2) is 12.1. The Morgan fingerprint density at radius 3 is 2.34 bits per heavy atom. The molecule has 1 saturated heterocycles. The number of nitrogens with zero attached hydrogens (tertiary/aromatic N) is 2. The molecule has 6 nitrogen and oxygen atoms in total. The van der Waals surface area contributed by atoms with E-state index in [1.54, 1.807) is 4.90 Å². The van der Waals surface area contributed by atoms with Gasteiger partial charge in [0, 0.05) is 50.8 Å². The smallest absolute Gasteiger partial charge is 0.410 e. The third kappa shape index (κ3) is 8.59. The highest BCUT2D eigenvalue weighted by molar-refractivity contribution is 8.00. The first-order chi connectivity index (χ1) is 19.0. The van der Waals surface area contributed by atoms with Gasteiger partial charge in [0.2, 0.25) is 0 Å². The molecule has 4 rings (SSSR count). The highest BCUT2D eigenvalue weighted by Gasteiger charge is 2.33. The van der Waals surface area contributed by atoms with Crippen LogP contribution in [0.1, 0.15) is 79.5 Å². The summed E-state index contributed by atoms with van der Waals surface area (Å²) in [7, 11) is 0. The molecule has 1 atom stereocenters. The first kappa shape index (κ1) is 31.6. The van der Waals surface area contributed by atoms with Crippen LogP contribution in [0.2, 0.25) is 5.02 Å². The Bertz CT molecular complexity index is 1360. The zero-order valence-corrected chi connectivity index (χ0v) is 27.3. The fourth-order valence-electron chi connectivity index (χ4n) is 5.17. The van der Waals surface area contributed by atoms with E-state index in [-0.39, 0.29) is 16.9 Å². The zero-order chi connectivity index (χ0) is 30.2. The fraction of sp³-hybridized carbons (Fsp3) is 0.545. The Balaban J connectivity index is 1.69. The fourth-order valence-corrected chi connectivity index (χ4v) is 6.48. The summed E-state index contributed by atoms with van der Waals surface area (Å²) in [6.07, 6.45) is 2.06. The van der Waals surface area contributed by atoms with Crippen molar-refractivity contribution in [3.63, 3.8) is 0 Å². The number of rotatable bonds is 8. The van der Waals surface area contributed by atoms with E-state index in [0.717, 1.165) is 45.6 Å². The Kier molecular flexibility index (Phi) is 9.32. The highest BCUT2D eigenvalue weighted by Crippen LogP contribution is 2.43. The van der Waals surface area contributed by atoms with Crippen LogP contribution in [0, 0.1) is 0 Å². The predicted octanol–water partition coefficient (Wildman–Crippen LogP) is 8.33. The van der Waals surface area contributed by atoms with Crippen LogP contribution in [0.3, 0.4) is 0 Å². The number of benzene rings is 2. The van der Waals surface area contributed by atoms with Gasteiger partial charge >= 0.3 is 6.09 Å². The summed E-state index contributed by atoms with van der Waals surface area (Å²) >= 11 is 7.98. The van der Waals surface area contributed by atoms with Crippen LogP contribution in [0.5, 0.6) is 5.75 Å². The molecule has 3 aromatic rings. The molecule has 1 aliphatic heterocycles. The predicted molar refractivity (Wildman–Crippen MR) is 170 cm³/mol. The monoisotopic (exact) mass is 600 g/mol. The molecule has 2 aromatic carbocycles. The molecule has 41 heavy (non-hydrogen) atoms. The second-order valence-electron chi connectivity index (χ2n) is 13.7. The largest absolute Gasteiger partial charge is 0.491 e. The standard InChI is InChI=1S/C33H45ClN2O4S/c1-31(2,3)40-30(37)35-17-9-10-24(35)21-39-25-15-16-27-26(18-25)29(41-32(4,5)6)28(19-33(7,8)38)36(27)20-22-11-13-23(34)14-12-22/h11-16,18,24,38H,9-10,17,19-21H2,1-8H3/t24-/m1/s1. The van der Waals surface area contributed by atoms with Gasteiger partial charge in [0.15, 0.2) is 0 Å². The molecule has 8 heteroatoms. The molecule has 1 fully saturated rings. The van der Waals surface area contributed by atoms with Crippen LogP contribution in [0.15, 0.2) is 47.4 Å². The van der Waals surface area contributed by atoms with Crippen molar-refractivity contribution in [2.24, 2.45) is 0 Å². The summed E-state index contributed by atoms with van der Waals surface area (Å²) in [6.45, 7) is 17.8. The summed E-state index contributed by atoms with van der Waals surface area (Å²) in [5.41, 5.74) is 1.92. The van der Waals surface area contributed by atoms with Crippen LogP contribution in [0.25, 0.3) is 10.9 Å². The van der Waals surface area contributed by atoms with E-state index in [1.807, 2.05) is 76.7 Å². The van der Waals surface area contributed by atoms with Crippen molar-refractivity contribution in [2.45, 2.75) is 108 Å². The summed E-state index contributed by atoms with van der Waals surface area (Å²) < 4.78 is 14.3. The van der Waals surface area contributed by atoms with Gasteiger partial charge in [-0.3, -0.25) is 0 Å². The number of amides is 1. The summed E-state index contributed by atoms with van der Waals surface area (Å²) in [4.78, 5) is 15.7. The number of halogens is 1. The van der Waals surface area contributed by atoms with E-state index >= 15 is 0 Å². The number of hydrogen-bond acceptors (Lipinski definition) is 5. The lowest BCUT2D eigenvalue weighted by Crippen LogP contribution is -2.42. The van der Waals surface area contributed by atoms with Gasteiger partial charge in [-0.15, -0.1) is 11.8 Å². The molecule has 1 amide bonds. The molecule has 0 saturated carbocycles. The lowest BCUT2D eigenvalue weighted by molar-refractivity contribution is 0.0187. The average Bonchev–Trinajstić information content (AvgIpc) is 3.40. The van der Waals surface area contributed by atoms with Crippen molar-refractivity contribution in [1.82, 2.24) is 9.47 Å². The van der Waals surface area contributed by atoms with Crippen molar-refractivity contribution in [3.05, 3.63) is 58.7 Å². The Labute approximate surface area is 254 Å². The Morgan fingerprint density at radius 1 is 1.05 bits per heavy atom. The SMILES string of the molecule is CC(C)(O)Cc1c(SC(C)(C)C)c2cc(OC[C@H]3CCCN3C(=O)OC(C)(C)C)ccc2n1Cc1ccc(Cl)cc1. The van der Waals surface area contributed by atoms with Gasteiger partial charge in [0.1, 0.15) is 18.0 Å². The number of ether oxygens (including phenoxy) is 2. The maximum Gasteiger partial charge on any atom is 0.410 e. The normalized spacial score (nSPS) is 16.4.